The monoisotopic (exact) mass is 651 g/mol. The van der Waals surface area contributed by atoms with E-state index in [1.165, 1.54) is 17.0 Å². The Morgan fingerprint density at radius 2 is 1.48 bits per heavy atom. The number of aryl methyl sites for hydroxylation is 1. The van der Waals surface area contributed by atoms with Gasteiger partial charge >= 0.3 is 0 Å². The van der Waals surface area contributed by atoms with Gasteiger partial charge in [-0.2, -0.15) is 0 Å². The fraction of sp³-hybridized carbons (Fsp3) is 0.235. The van der Waals surface area contributed by atoms with Gasteiger partial charge in [-0.1, -0.05) is 90.3 Å². The van der Waals surface area contributed by atoms with Gasteiger partial charge in [-0.25, -0.2) is 8.42 Å². The van der Waals surface area contributed by atoms with Crippen molar-refractivity contribution in [2.45, 2.75) is 44.2 Å². The number of amides is 2. The molecule has 0 aliphatic heterocycles. The van der Waals surface area contributed by atoms with E-state index >= 15 is 0 Å². The van der Waals surface area contributed by atoms with Crippen molar-refractivity contribution in [3.63, 3.8) is 0 Å². The molecule has 0 fully saturated rings. The first kappa shape index (κ1) is 33.1. The minimum Gasteiger partial charge on any atom is -0.354 e. The van der Waals surface area contributed by atoms with E-state index in [4.69, 9.17) is 23.2 Å². The quantitative estimate of drug-likeness (QED) is 0.175. The van der Waals surface area contributed by atoms with Crippen molar-refractivity contribution in [1.82, 2.24) is 10.2 Å². The molecule has 4 aromatic carbocycles. The summed E-state index contributed by atoms with van der Waals surface area (Å²) in [6.45, 7) is 3.73. The number of carbonyl (C=O) groups excluding carboxylic acids is 2. The minimum atomic E-state index is -4.19. The van der Waals surface area contributed by atoms with Crippen LogP contribution in [0.25, 0.3) is 0 Å². The second-order valence-electron chi connectivity index (χ2n) is 10.4. The topological polar surface area (TPSA) is 86.8 Å². The molecule has 44 heavy (non-hydrogen) atoms. The molecule has 0 aliphatic carbocycles. The second-order valence-corrected chi connectivity index (χ2v) is 13.2. The molecule has 0 aliphatic rings. The highest BCUT2D eigenvalue weighted by atomic mass is 35.5. The normalized spacial score (nSPS) is 11.9. The molecule has 1 N–H and O–H groups in total. The van der Waals surface area contributed by atoms with E-state index in [-0.39, 0.29) is 29.5 Å². The van der Waals surface area contributed by atoms with Crippen LogP contribution in [-0.4, -0.2) is 44.3 Å². The molecule has 4 rings (SSSR count). The zero-order chi connectivity index (χ0) is 31.7. The number of carbonyl (C=O) groups is 2. The first-order valence-corrected chi connectivity index (χ1v) is 16.5. The van der Waals surface area contributed by atoms with Crippen molar-refractivity contribution in [2.75, 3.05) is 17.4 Å². The Bertz CT molecular complexity index is 1670. The van der Waals surface area contributed by atoms with Gasteiger partial charge in [0.1, 0.15) is 12.6 Å². The molecule has 2 amide bonds. The summed E-state index contributed by atoms with van der Waals surface area (Å²) >= 11 is 12.4. The van der Waals surface area contributed by atoms with Crippen molar-refractivity contribution >= 4 is 50.7 Å². The Morgan fingerprint density at radius 3 is 2.11 bits per heavy atom. The van der Waals surface area contributed by atoms with Gasteiger partial charge in [0.05, 0.1) is 10.6 Å². The van der Waals surface area contributed by atoms with Crippen molar-refractivity contribution in [1.29, 1.82) is 0 Å². The van der Waals surface area contributed by atoms with E-state index in [0.717, 1.165) is 15.4 Å². The number of benzene rings is 4. The first-order valence-electron chi connectivity index (χ1n) is 14.3. The zero-order valence-corrected chi connectivity index (χ0v) is 26.9. The summed E-state index contributed by atoms with van der Waals surface area (Å²) in [5, 5.41) is 3.84. The number of hydrogen-bond acceptors (Lipinski definition) is 4. The van der Waals surface area contributed by atoms with E-state index in [1.54, 1.807) is 54.6 Å². The van der Waals surface area contributed by atoms with Gasteiger partial charge in [0.2, 0.25) is 11.8 Å². The lowest BCUT2D eigenvalue weighted by molar-refractivity contribution is -0.140. The van der Waals surface area contributed by atoms with Crippen molar-refractivity contribution in [2.24, 2.45) is 0 Å². The van der Waals surface area contributed by atoms with E-state index < -0.39 is 28.5 Å². The average molecular weight is 653 g/mol. The third kappa shape index (κ3) is 8.62. The molecular formula is C34H35Cl2N3O4S. The molecule has 0 saturated heterocycles. The predicted octanol–water partition coefficient (Wildman–Crippen LogP) is 6.66. The SMILES string of the molecule is CCCNC(=O)[C@@H](Cc1ccccc1)N(Cc1cccc(Cl)c1)C(=O)CN(c1ccc(Cl)cc1)S(=O)(=O)c1ccc(C)cc1. The standard InChI is InChI=1S/C34H35Cl2N3O4S/c1-3-20-37-34(41)32(22-26-8-5-4-6-9-26)38(23-27-10-7-11-29(36)21-27)33(40)24-39(30-16-14-28(35)15-17-30)44(42,43)31-18-12-25(2)13-19-31/h4-19,21,32H,3,20,22-24H2,1-2H3,(H,37,41)/t32-/m1/s1. The zero-order valence-electron chi connectivity index (χ0n) is 24.6. The summed E-state index contributed by atoms with van der Waals surface area (Å²) in [5.74, 6) is -0.881. The fourth-order valence-electron chi connectivity index (χ4n) is 4.73. The van der Waals surface area contributed by atoms with Gasteiger partial charge in [-0.3, -0.25) is 13.9 Å². The van der Waals surface area contributed by atoms with E-state index in [0.29, 0.717) is 28.6 Å². The highest BCUT2D eigenvalue weighted by Crippen LogP contribution is 2.27. The Hall–Kier alpha value is -3.85. The predicted molar refractivity (Wildman–Crippen MR) is 176 cm³/mol. The molecule has 230 valence electrons. The number of hydrogen-bond donors (Lipinski definition) is 1. The highest BCUT2D eigenvalue weighted by Gasteiger charge is 2.34. The molecule has 7 nitrogen and oxygen atoms in total. The van der Waals surface area contributed by atoms with Gasteiger partial charge in [-0.05, 0) is 73.0 Å². The van der Waals surface area contributed by atoms with Crippen LogP contribution in [0.3, 0.4) is 0 Å². The smallest absolute Gasteiger partial charge is 0.264 e. The molecule has 0 bridgehead atoms. The largest absolute Gasteiger partial charge is 0.354 e. The third-order valence-corrected chi connectivity index (χ3v) is 9.34. The van der Waals surface area contributed by atoms with Crippen LogP contribution >= 0.6 is 23.2 Å². The van der Waals surface area contributed by atoms with Gasteiger partial charge in [0, 0.05) is 29.6 Å². The van der Waals surface area contributed by atoms with Crippen molar-refractivity contribution in [3.8, 4) is 0 Å². The number of nitrogens with one attached hydrogen (secondary N) is 1. The molecule has 0 radical (unpaired) electrons. The maximum Gasteiger partial charge on any atom is 0.264 e. The summed E-state index contributed by atoms with van der Waals surface area (Å²) in [6, 6.07) is 28.2. The molecular weight excluding hydrogens is 617 g/mol. The van der Waals surface area contributed by atoms with Crippen LogP contribution in [0.1, 0.15) is 30.0 Å². The van der Waals surface area contributed by atoms with Crippen molar-refractivity contribution in [3.05, 3.63) is 130 Å². The molecule has 0 unspecified atom stereocenters. The number of anilines is 1. The summed E-state index contributed by atoms with van der Waals surface area (Å²) in [7, 11) is -4.19. The Balaban J connectivity index is 1.79. The van der Waals surface area contributed by atoms with Crippen LogP contribution < -0.4 is 9.62 Å². The summed E-state index contributed by atoms with van der Waals surface area (Å²) in [4.78, 5) is 29.6. The molecule has 0 aromatic heterocycles. The number of halogens is 2. The van der Waals surface area contributed by atoms with Crippen molar-refractivity contribution < 1.29 is 18.0 Å². The fourth-order valence-corrected chi connectivity index (χ4v) is 6.48. The summed E-state index contributed by atoms with van der Waals surface area (Å²) in [6.07, 6.45) is 0.944. The van der Waals surface area contributed by atoms with Crippen LogP contribution in [0.4, 0.5) is 5.69 Å². The maximum atomic E-state index is 14.4. The van der Waals surface area contributed by atoms with Crippen LogP contribution in [-0.2, 0) is 32.6 Å². The lowest BCUT2D eigenvalue weighted by Crippen LogP contribution is -2.53. The van der Waals surface area contributed by atoms with Gasteiger partial charge < -0.3 is 10.2 Å². The maximum absolute atomic E-state index is 14.4. The molecule has 1 atom stereocenters. The molecule has 0 heterocycles. The van der Waals surface area contributed by atoms with E-state index in [1.807, 2.05) is 50.2 Å². The van der Waals surface area contributed by atoms with Gasteiger partial charge in [0.25, 0.3) is 10.0 Å². The van der Waals surface area contributed by atoms with Crippen LogP contribution in [0.5, 0.6) is 0 Å². The van der Waals surface area contributed by atoms with Gasteiger partial charge in [0.15, 0.2) is 0 Å². The highest BCUT2D eigenvalue weighted by molar-refractivity contribution is 7.92. The first-order chi connectivity index (χ1) is 21.1. The number of rotatable bonds is 13. The summed E-state index contributed by atoms with van der Waals surface area (Å²) in [5.41, 5.74) is 2.72. The van der Waals surface area contributed by atoms with Crippen LogP contribution in [0, 0.1) is 6.92 Å². The minimum absolute atomic E-state index is 0.0359. The van der Waals surface area contributed by atoms with E-state index in [2.05, 4.69) is 5.32 Å². The Labute approximate surface area is 269 Å². The molecule has 0 saturated carbocycles. The van der Waals surface area contributed by atoms with Crippen LogP contribution in [0.2, 0.25) is 10.0 Å². The Morgan fingerprint density at radius 1 is 0.818 bits per heavy atom. The number of nitrogens with zero attached hydrogens (tertiary/aromatic N) is 2. The average Bonchev–Trinajstić information content (AvgIpc) is 3.01. The second kappa shape index (κ2) is 15.2. The summed E-state index contributed by atoms with van der Waals surface area (Å²) < 4.78 is 29.2. The lowest BCUT2D eigenvalue weighted by atomic mass is 10.0. The Kier molecular flexibility index (Phi) is 11.4. The van der Waals surface area contributed by atoms with Crippen LogP contribution in [0.15, 0.2) is 108 Å². The molecule has 10 heteroatoms. The van der Waals surface area contributed by atoms with E-state index in [9.17, 15) is 18.0 Å². The third-order valence-electron chi connectivity index (χ3n) is 7.06. The number of sulfonamides is 1. The lowest BCUT2D eigenvalue weighted by Gasteiger charge is -2.34. The molecule has 0 spiro atoms. The van der Waals surface area contributed by atoms with Gasteiger partial charge in [-0.15, -0.1) is 0 Å². The molecule has 4 aromatic rings.